The highest BCUT2D eigenvalue weighted by Gasteiger charge is 2.25. The van der Waals surface area contributed by atoms with Crippen molar-refractivity contribution >= 4 is 38.0 Å². The Kier molecular flexibility index (Phi) is 3.63. The van der Waals surface area contributed by atoms with Crippen LogP contribution in [-0.2, 0) is 9.84 Å². The molecule has 0 unspecified atom stereocenters. The van der Waals surface area contributed by atoms with Gasteiger partial charge in [0.25, 0.3) is 0 Å². The normalized spacial score (nSPS) is 11.3. The van der Waals surface area contributed by atoms with E-state index in [0.717, 1.165) is 17.0 Å². The van der Waals surface area contributed by atoms with Gasteiger partial charge < -0.3 is 0 Å². The summed E-state index contributed by atoms with van der Waals surface area (Å²) in [5, 5.41) is 10.7. The quantitative estimate of drug-likeness (QED) is 0.391. The number of para-hydroxylation sites is 1. The molecule has 1 aromatic carbocycles. The van der Waals surface area contributed by atoms with Gasteiger partial charge >= 0.3 is 5.69 Å². The number of sulfone groups is 1. The highest BCUT2D eigenvalue weighted by atomic mass is 33.1. The third-order valence-corrected chi connectivity index (χ3v) is 3.89. The summed E-state index contributed by atoms with van der Waals surface area (Å²) in [4.78, 5) is 9.96. The molecule has 15 heavy (non-hydrogen) atoms. The number of nitrogens with zero attached hydrogens (tertiary/aromatic N) is 1. The smallest absolute Gasteiger partial charge is 0.258 e. The van der Waals surface area contributed by atoms with Crippen LogP contribution in [0.3, 0.4) is 0 Å². The van der Waals surface area contributed by atoms with Crippen LogP contribution < -0.4 is 0 Å². The van der Waals surface area contributed by atoms with Gasteiger partial charge in [0.15, 0.2) is 9.84 Å². The van der Waals surface area contributed by atoms with Crippen LogP contribution in [0.15, 0.2) is 28.0 Å². The van der Waals surface area contributed by atoms with Gasteiger partial charge in [0, 0.05) is 6.26 Å². The average Bonchev–Trinajstić information content (AvgIpc) is 2.15. The fourth-order valence-corrected chi connectivity index (χ4v) is 2.83. The van der Waals surface area contributed by atoms with Crippen LogP contribution in [0.2, 0.25) is 0 Å². The van der Waals surface area contributed by atoms with Crippen molar-refractivity contribution in [3.63, 3.8) is 0 Å². The number of nitro benzene ring substituents is 1. The van der Waals surface area contributed by atoms with Crippen molar-refractivity contribution in [3.8, 4) is 0 Å². The van der Waals surface area contributed by atoms with Crippen molar-refractivity contribution in [3.05, 3.63) is 28.3 Å². The molecule has 0 saturated heterocycles. The van der Waals surface area contributed by atoms with Gasteiger partial charge in [-0.05, 0) is 12.1 Å². The molecule has 1 rings (SSSR count). The van der Waals surface area contributed by atoms with Crippen LogP contribution in [0.25, 0.3) is 0 Å². The monoisotopic (exact) mass is 265 g/mol. The Labute approximate surface area is 95.8 Å². The molecule has 0 saturated carbocycles. The van der Waals surface area contributed by atoms with Crippen LogP contribution in [-0.4, -0.2) is 19.6 Å². The second-order valence-corrected chi connectivity index (χ2v) is 5.88. The van der Waals surface area contributed by atoms with E-state index in [1.807, 2.05) is 0 Å². The van der Waals surface area contributed by atoms with E-state index in [1.165, 1.54) is 18.2 Å². The van der Waals surface area contributed by atoms with Crippen molar-refractivity contribution in [1.29, 1.82) is 0 Å². The molecule has 0 heterocycles. The minimum atomic E-state index is -3.60. The molecule has 0 aliphatic rings. The minimum Gasteiger partial charge on any atom is -0.258 e. The van der Waals surface area contributed by atoms with E-state index in [1.54, 1.807) is 0 Å². The first-order valence-corrected chi connectivity index (χ1v) is 7.43. The molecule has 0 aromatic heterocycles. The summed E-state index contributed by atoms with van der Waals surface area (Å²) >= 11 is 3.83. The second-order valence-electron chi connectivity index (χ2n) is 2.72. The lowest BCUT2D eigenvalue weighted by Crippen LogP contribution is -2.03. The summed E-state index contributed by atoms with van der Waals surface area (Å²) in [6, 6.07) is 4.10. The van der Waals surface area contributed by atoms with Crippen molar-refractivity contribution in [2.24, 2.45) is 0 Å². The van der Waals surface area contributed by atoms with Gasteiger partial charge in [-0.2, -0.15) is 0 Å². The van der Waals surface area contributed by atoms with Crippen LogP contribution in [0.1, 0.15) is 0 Å². The maximum atomic E-state index is 11.3. The lowest BCUT2D eigenvalue weighted by Gasteiger charge is -2.03. The molecule has 0 atom stereocenters. The average molecular weight is 265 g/mol. The zero-order valence-electron chi connectivity index (χ0n) is 7.58. The Morgan fingerprint density at radius 1 is 1.47 bits per heavy atom. The largest absolute Gasteiger partial charge is 0.302 e. The maximum Gasteiger partial charge on any atom is 0.302 e. The van der Waals surface area contributed by atoms with Gasteiger partial charge in [-0.15, -0.1) is 11.7 Å². The number of hydrogen-bond donors (Lipinski definition) is 1. The molecule has 0 N–H and O–H groups in total. The fourth-order valence-electron chi connectivity index (χ4n) is 1.06. The van der Waals surface area contributed by atoms with E-state index >= 15 is 0 Å². The zero-order chi connectivity index (χ0) is 11.6. The molecule has 0 amide bonds. The molecule has 0 spiro atoms. The second kappa shape index (κ2) is 4.42. The molecule has 0 aliphatic carbocycles. The van der Waals surface area contributed by atoms with Gasteiger partial charge in [-0.3, -0.25) is 10.1 Å². The highest BCUT2D eigenvalue weighted by Crippen LogP contribution is 2.36. The lowest BCUT2D eigenvalue weighted by atomic mass is 10.3. The number of benzene rings is 1. The Balaban J connectivity index is 3.60. The summed E-state index contributed by atoms with van der Waals surface area (Å²) in [7, 11) is -2.76. The summed E-state index contributed by atoms with van der Waals surface area (Å²) in [5.74, 6) is 0. The molecule has 1 aromatic rings. The lowest BCUT2D eigenvalue weighted by molar-refractivity contribution is -0.390. The predicted molar refractivity (Wildman–Crippen MR) is 61.0 cm³/mol. The first-order valence-electron chi connectivity index (χ1n) is 3.67. The number of thiol groups is 1. The molecule has 82 valence electrons. The van der Waals surface area contributed by atoms with Crippen molar-refractivity contribution in [2.45, 2.75) is 9.79 Å². The summed E-state index contributed by atoms with van der Waals surface area (Å²) in [6.07, 6.45) is 0.933. The SMILES string of the molecule is CS(=O)(=O)c1cccc(SS)c1[N+](=O)[O-]. The molecule has 0 radical (unpaired) electrons. The fraction of sp³-hybridized carbons (Fsp3) is 0.143. The van der Waals surface area contributed by atoms with E-state index in [0.29, 0.717) is 0 Å². The van der Waals surface area contributed by atoms with Gasteiger partial charge in [0.1, 0.15) is 4.90 Å². The van der Waals surface area contributed by atoms with Gasteiger partial charge in [-0.1, -0.05) is 16.9 Å². The van der Waals surface area contributed by atoms with E-state index in [-0.39, 0.29) is 9.79 Å². The van der Waals surface area contributed by atoms with Crippen LogP contribution in [0.4, 0.5) is 5.69 Å². The van der Waals surface area contributed by atoms with Crippen molar-refractivity contribution < 1.29 is 13.3 Å². The predicted octanol–water partition coefficient (Wildman–Crippen LogP) is 1.94. The van der Waals surface area contributed by atoms with Gasteiger partial charge in [0.05, 0.1) is 9.82 Å². The Hall–Kier alpha value is -0.730. The Morgan fingerprint density at radius 3 is 2.47 bits per heavy atom. The van der Waals surface area contributed by atoms with Crippen molar-refractivity contribution in [2.75, 3.05) is 6.26 Å². The highest BCUT2D eigenvalue weighted by molar-refractivity contribution is 8.68. The number of nitro groups is 1. The van der Waals surface area contributed by atoms with Crippen LogP contribution in [0, 0.1) is 10.1 Å². The molecule has 8 heteroatoms. The van der Waals surface area contributed by atoms with Crippen molar-refractivity contribution in [1.82, 2.24) is 0 Å². The standard InChI is InChI=1S/C7H7NO4S3/c1-15(11,12)6-4-2-3-5(14-13)7(6)8(9)10/h2-4,13H,1H3. The first-order chi connectivity index (χ1) is 6.88. The zero-order valence-corrected chi connectivity index (χ0v) is 10.1. The third-order valence-electron chi connectivity index (χ3n) is 1.64. The van der Waals surface area contributed by atoms with E-state index in [4.69, 9.17) is 0 Å². The number of rotatable bonds is 3. The molecule has 0 aliphatic heterocycles. The van der Waals surface area contributed by atoms with Gasteiger partial charge in [-0.25, -0.2) is 8.42 Å². The first kappa shape index (κ1) is 12.3. The molecular weight excluding hydrogens is 258 g/mol. The Morgan fingerprint density at radius 2 is 2.07 bits per heavy atom. The van der Waals surface area contributed by atoms with Crippen LogP contribution in [0.5, 0.6) is 0 Å². The van der Waals surface area contributed by atoms with E-state index in [9.17, 15) is 18.5 Å². The minimum absolute atomic E-state index is 0.214. The van der Waals surface area contributed by atoms with E-state index < -0.39 is 20.4 Å². The van der Waals surface area contributed by atoms with E-state index in [2.05, 4.69) is 11.7 Å². The summed E-state index contributed by atoms with van der Waals surface area (Å²) in [5.41, 5.74) is -0.417. The Bertz CT molecular complexity index is 497. The number of hydrogen-bond acceptors (Lipinski definition) is 6. The topological polar surface area (TPSA) is 77.3 Å². The molecule has 5 nitrogen and oxygen atoms in total. The van der Waals surface area contributed by atoms with Gasteiger partial charge in [0.2, 0.25) is 0 Å². The van der Waals surface area contributed by atoms with Crippen LogP contribution >= 0.6 is 22.5 Å². The summed E-state index contributed by atoms with van der Waals surface area (Å²) < 4.78 is 22.6. The molecule has 0 bridgehead atoms. The third kappa shape index (κ3) is 2.64. The summed E-state index contributed by atoms with van der Waals surface area (Å²) in [6.45, 7) is 0. The molecule has 0 fully saturated rings. The maximum absolute atomic E-state index is 11.3. The molecular formula is C7H7NO4S3.